The Labute approximate surface area is 144 Å². The molecule has 1 aromatic carbocycles. The van der Waals surface area contributed by atoms with Crippen LogP contribution in [-0.2, 0) is 12.7 Å². The van der Waals surface area contributed by atoms with Gasteiger partial charge < -0.3 is 5.73 Å². The number of fused-ring (bicyclic) bond motifs is 1. The maximum Gasteiger partial charge on any atom is 0.416 e. The van der Waals surface area contributed by atoms with E-state index in [1.54, 1.807) is 6.26 Å². The molecule has 0 unspecified atom stereocenters. The van der Waals surface area contributed by atoms with Crippen molar-refractivity contribution < 1.29 is 13.2 Å². The Morgan fingerprint density at radius 1 is 1.24 bits per heavy atom. The van der Waals surface area contributed by atoms with Crippen LogP contribution in [-0.4, -0.2) is 20.8 Å². The summed E-state index contributed by atoms with van der Waals surface area (Å²) in [5.74, 6) is 0. The van der Waals surface area contributed by atoms with Crippen molar-refractivity contribution in [2.75, 3.05) is 12.0 Å². The molecule has 2 heterocycles. The van der Waals surface area contributed by atoms with Crippen molar-refractivity contribution in [3.05, 3.63) is 58.0 Å². The molecule has 25 heavy (non-hydrogen) atoms. The van der Waals surface area contributed by atoms with Crippen LogP contribution in [0.5, 0.6) is 0 Å². The average Bonchev–Trinajstić information content (AvgIpc) is 2.57. The van der Waals surface area contributed by atoms with Gasteiger partial charge in [0, 0.05) is 18.0 Å². The lowest BCUT2D eigenvalue weighted by atomic mass is 10.1. The molecule has 0 saturated carbocycles. The number of nitrogens with two attached hydrogens (primary N) is 1. The Morgan fingerprint density at radius 2 is 1.92 bits per heavy atom. The molecule has 5 nitrogen and oxygen atoms in total. The molecule has 9 heteroatoms. The lowest BCUT2D eigenvalue weighted by Crippen LogP contribution is -2.22. The molecule has 0 aliphatic carbocycles. The van der Waals surface area contributed by atoms with Crippen LogP contribution < -0.4 is 11.3 Å². The number of rotatable bonds is 3. The largest absolute Gasteiger partial charge is 0.416 e. The second-order valence-electron chi connectivity index (χ2n) is 5.31. The van der Waals surface area contributed by atoms with Crippen LogP contribution in [0.25, 0.3) is 11.0 Å². The summed E-state index contributed by atoms with van der Waals surface area (Å²) < 4.78 is 39.3. The second kappa shape index (κ2) is 6.40. The molecule has 3 aromatic rings. The summed E-state index contributed by atoms with van der Waals surface area (Å²) in [5.41, 5.74) is 5.89. The van der Waals surface area contributed by atoms with Gasteiger partial charge in [-0.15, -0.1) is 0 Å². The molecular formula is C16H13F3N4OS. The number of nitrogen functional groups attached to an aromatic ring is 1. The van der Waals surface area contributed by atoms with E-state index in [9.17, 15) is 18.0 Å². The minimum Gasteiger partial charge on any atom is -0.398 e. The first-order chi connectivity index (χ1) is 11.8. The van der Waals surface area contributed by atoms with Crippen molar-refractivity contribution in [3.63, 3.8) is 0 Å². The highest BCUT2D eigenvalue weighted by Crippen LogP contribution is 2.29. The van der Waals surface area contributed by atoms with Gasteiger partial charge in [-0.2, -0.15) is 13.2 Å². The summed E-state index contributed by atoms with van der Waals surface area (Å²) >= 11 is 1.31. The number of hydrogen-bond acceptors (Lipinski definition) is 5. The van der Waals surface area contributed by atoms with E-state index in [1.165, 1.54) is 40.7 Å². The quantitative estimate of drug-likeness (QED) is 0.569. The zero-order chi connectivity index (χ0) is 18.2. The van der Waals surface area contributed by atoms with Crippen molar-refractivity contribution in [1.29, 1.82) is 0 Å². The fourth-order valence-corrected chi connectivity index (χ4v) is 2.73. The molecule has 2 N–H and O–H groups in total. The minimum atomic E-state index is -4.40. The second-order valence-corrected chi connectivity index (χ2v) is 6.09. The number of benzene rings is 1. The highest BCUT2D eigenvalue weighted by molar-refractivity contribution is 7.98. The number of pyridine rings is 1. The molecule has 0 saturated heterocycles. The maximum atomic E-state index is 12.7. The first-order valence-electron chi connectivity index (χ1n) is 7.16. The molecule has 0 aliphatic rings. The Kier molecular flexibility index (Phi) is 4.42. The van der Waals surface area contributed by atoms with Gasteiger partial charge in [-0.3, -0.25) is 9.36 Å². The van der Waals surface area contributed by atoms with Gasteiger partial charge in [0.25, 0.3) is 5.56 Å². The highest BCUT2D eigenvalue weighted by atomic mass is 32.2. The van der Waals surface area contributed by atoms with Crippen molar-refractivity contribution in [3.8, 4) is 0 Å². The summed E-state index contributed by atoms with van der Waals surface area (Å²) in [7, 11) is 0. The number of anilines is 1. The van der Waals surface area contributed by atoms with Gasteiger partial charge in [-0.25, -0.2) is 9.97 Å². The van der Waals surface area contributed by atoms with E-state index in [0.717, 1.165) is 12.1 Å². The Bertz CT molecular complexity index is 984. The summed E-state index contributed by atoms with van der Waals surface area (Å²) in [6.45, 7) is 0.0819. The number of nitrogens with zero attached hydrogens (tertiary/aromatic N) is 3. The molecule has 0 amide bonds. The zero-order valence-electron chi connectivity index (χ0n) is 13.0. The highest BCUT2D eigenvalue weighted by Gasteiger charge is 2.29. The Balaban J connectivity index is 2.08. The fourth-order valence-electron chi connectivity index (χ4n) is 2.39. The third-order valence-corrected chi connectivity index (χ3v) is 4.22. The molecule has 0 atom stereocenters. The van der Waals surface area contributed by atoms with Crippen LogP contribution in [0, 0.1) is 0 Å². The number of aromatic nitrogens is 3. The molecule has 2 aromatic heterocycles. The van der Waals surface area contributed by atoms with Crippen LogP contribution in [0.4, 0.5) is 18.9 Å². The van der Waals surface area contributed by atoms with Gasteiger partial charge in [0.1, 0.15) is 5.65 Å². The Morgan fingerprint density at radius 3 is 2.52 bits per heavy atom. The average molecular weight is 366 g/mol. The monoisotopic (exact) mass is 366 g/mol. The van der Waals surface area contributed by atoms with E-state index in [-0.39, 0.29) is 17.8 Å². The van der Waals surface area contributed by atoms with Crippen LogP contribution in [0.1, 0.15) is 11.1 Å². The van der Waals surface area contributed by atoms with E-state index in [1.807, 2.05) is 0 Å². The normalized spacial score (nSPS) is 11.8. The Hall–Kier alpha value is -2.55. The molecule has 0 fully saturated rings. The number of halogens is 3. The molecular weight excluding hydrogens is 353 g/mol. The van der Waals surface area contributed by atoms with Gasteiger partial charge in [-0.1, -0.05) is 23.9 Å². The van der Waals surface area contributed by atoms with Gasteiger partial charge in [0.2, 0.25) is 0 Å². The molecule has 0 bridgehead atoms. The van der Waals surface area contributed by atoms with Crippen LogP contribution >= 0.6 is 11.8 Å². The predicted molar refractivity (Wildman–Crippen MR) is 90.5 cm³/mol. The van der Waals surface area contributed by atoms with E-state index in [4.69, 9.17) is 5.73 Å². The molecule has 0 aliphatic heterocycles. The number of thioether (sulfide) groups is 1. The number of alkyl halides is 3. The topological polar surface area (TPSA) is 73.8 Å². The summed E-state index contributed by atoms with van der Waals surface area (Å²) in [4.78, 5) is 20.8. The minimum absolute atomic E-state index is 0.0819. The van der Waals surface area contributed by atoms with E-state index >= 15 is 0 Å². The van der Waals surface area contributed by atoms with Crippen molar-refractivity contribution in [1.82, 2.24) is 14.5 Å². The summed E-state index contributed by atoms with van der Waals surface area (Å²) in [6.07, 6.45) is -1.07. The van der Waals surface area contributed by atoms with Crippen LogP contribution in [0.3, 0.4) is 0 Å². The summed E-state index contributed by atoms with van der Waals surface area (Å²) in [6, 6.07) is 5.92. The molecule has 3 rings (SSSR count). The molecule has 0 spiro atoms. The van der Waals surface area contributed by atoms with Crippen molar-refractivity contribution in [2.24, 2.45) is 0 Å². The smallest absolute Gasteiger partial charge is 0.398 e. The SMILES string of the molecule is CSc1ncc2c(N)cc(=O)n(Cc3ccc(C(F)(F)F)cc3)c2n1. The zero-order valence-corrected chi connectivity index (χ0v) is 13.9. The van der Waals surface area contributed by atoms with Gasteiger partial charge in [-0.05, 0) is 24.0 Å². The lowest BCUT2D eigenvalue weighted by Gasteiger charge is -2.12. The molecule has 130 valence electrons. The molecule has 0 radical (unpaired) electrons. The van der Waals surface area contributed by atoms with E-state index < -0.39 is 11.7 Å². The third kappa shape index (κ3) is 3.46. The van der Waals surface area contributed by atoms with Crippen molar-refractivity contribution >= 4 is 28.5 Å². The lowest BCUT2D eigenvalue weighted by molar-refractivity contribution is -0.137. The van der Waals surface area contributed by atoms with Crippen molar-refractivity contribution in [2.45, 2.75) is 17.9 Å². The van der Waals surface area contributed by atoms with E-state index in [0.29, 0.717) is 21.8 Å². The predicted octanol–water partition coefficient (Wildman–Crippen LogP) is 3.16. The van der Waals surface area contributed by atoms with E-state index in [2.05, 4.69) is 9.97 Å². The first kappa shape index (κ1) is 17.3. The van der Waals surface area contributed by atoms with Crippen LogP contribution in [0.15, 0.2) is 46.5 Å². The van der Waals surface area contributed by atoms with Crippen LogP contribution in [0.2, 0.25) is 0 Å². The third-order valence-electron chi connectivity index (χ3n) is 3.66. The first-order valence-corrected chi connectivity index (χ1v) is 8.38. The standard InChI is InChI=1S/C16H13F3N4OS/c1-25-15-21-7-11-12(20)6-13(24)23(14(11)22-15)8-9-2-4-10(5-3-9)16(17,18)19/h2-7H,8,20H2,1H3. The fraction of sp³-hybridized carbons (Fsp3) is 0.188. The number of hydrogen-bond donors (Lipinski definition) is 1. The van der Waals surface area contributed by atoms with Gasteiger partial charge in [0.05, 0.1) is 17.5 Å². The van der Waals surface area contributed by atoms with Gasteiger partial charge >= 0.3 is 6.18 Å². The van der Waals surface area contributed by atoms with Gasteiger partial charge in [0.15, 0.2) is 5.16 Å². The maximum absolute atomic E-state index is 12.7. The summed E-state index contributed by atoms with van der Waals surface area (Å²) in [5, 5.41) is 0.989.